The summed E-state index contributed by atoms with van der Waals surface area (Å²) in [5, 5.41) is 2.64. The quantitative estimate of drug-likeness (QED) is 0.810. The number of ether oxygens (including phenoxy) is 1. The van der Waals surface area contributed by atoms with Crippen molar-refractivity contribution in [3.63, 3.8) is 0 Å². The smallest absolute Gasteiger partial charge is 0.407 e. The van der Waals surface area contributed by atoms with Crippen LogP contribution in [0.25, 0.3) is 6.08 Å². The lowest BCUT2D eigenvalue weighted by Gasteiger charge is -2.19. The minimum atomic E-state index is -2.44. The SMILES string of the molecule is CC(C)(C)OC(=O)NCCC=Cc1ccc(C(F)F)cc1. The van der Waals surface area contributed by atoms with Gasteiger partial charge < -0.3 is 10.1 Å². The Hall–Kier alpha value is -1.91. The van der Waals surface area contributed by atoms with Crippen LogP contribution in [-0.4, -0.2) is 18.2 Å². The van der Waals surface area contributed by atoms with E-state index in [0.717, 1.165) is 5.56 Å². The van der Waals surface area contributed by atoms with E-state index in [9.17, 15) is 13.6 Å². The van der Waals surface area contributed by atoms with Gasteiger partial charge in [-0.15, -0.1) is 0 Å². The summed E-state index contributed by atoms with van der Waals surface area (Å²) in [5.74, 6) is 0. The Kier molecular flexibility index (Phi) is 6.34. The molecule has 0 aliphatic carbocycles. The summed E-state index contributed by atoms with van der Waals surface area (Å²) >= 11 is 0. The number of alkyl halides is 2. The predicted molar refractivity (Wildman–Crippen MR) is 79.3 cm³/mol. The van der Waals surface area contributed by atoms with Gasteiger partial charge in [0.2, 0.25) is 0 Å². The van der Waals surface area contributed by atoms with E-state index in [2.05, 4.69) is 5.32 Å². The topological polar surface area (TPSA) is 38.3 Å². The van der Waals surface area contributed by atoms with Crippen molar-refractivity contribution >= 4 is 12.2 Å². The van der Waals surface area contributed by atoms with Crippen LogP contribution in [0.5, 0.6) is 0 Å². The van der Waals surface area contributed by atoms with E-state index < -0.39 is 18.1 Å². The van der Waals surface area contributed by atoms with Crippen molar-refractivity contribution in [2.75, 3.05) is 6.54 Å². The highest BCUT2D eigenvalue weighted by Gasteiger charge is 2.15. The molecule has 0 fully saturated rings. The predicted octanol–water partition coefficient (Wildman–Crippen LogP) is 4.55. The number of carbonyl (C=O) groups is 1. The number of hydrogen-bond donors (Lipinski definition) is 1. The molecule has 0 atom stereocenters. The maximum absolute atomic E-state index is 12.4. The highest BCUT2D eigenvalue weighted by atomic mass is 19.3. The van der Waals surface area contributed by atoms with E-state index in [1.54, 1.807) is 32.9 Å². The average molecular weight is 297 g/mol. The lowest BCUT2D eigenvalue weighted by Crippen LogP contribution is -2.32. The first-order valence-electron chi connectivity index (χ1n) is 6.79. The molecule has 1 rings (SSSR count). The van der Waals surface area contributed by atoms with Gasteiger partial charge in [0.05, 0.1) is 0 Å². The van der Waals surface area contributed by atoms with Crippen LogP contribution in [0.4, 0.5) is 13.6 Å². The van der Waals surface area contributed by atoms with Crippen LogP contribution in [0.1, 0.15) is 44.7 Å². The second-order valence-corrected chi connectivity index (χ2v) is 5.59. The Labute approximate surface area is 124 Å². The molecule has 0 unspecified atom stereocenters. The van der Waals surface area contributed by atoms with Crippen LogP contribution in [0.2, 0.25) is 0 Å². The lowest BCUT2D eigenvalue weighted by molar-refractivity contribution is 0.0529. The number of nitrogens with one attached hydrogen (secondary N) is 1. The Balaban J connectivity index is 2.30. The van der Waals surface area contributed by atoms with Crippen molar-refractivity contribution in [3.05, 3.63) is 41.5 Å². The van der Waals surface area contributed by atoms with Crippen molar-refractivity contribution in [2.45, 2.75) is 39.2 Å². The molecule has 1 amide bonds. The van der Waals surface area contributed by atoms with Crippen molar-refractivity contribution in [2.24, 2.45) is 0 Å². The van der Waals surface area contributed by atoms with Crippen molar-refractivity contribution in [1.29, 1.82) is 0 Å². The third-order valence-corrected chi connectivity index (χ3v) is 2.48. The molecule has 0 saturated heterocycles. The van der Waals surface area contributed by atoms with Gasteiger partial charge >= 0.3 is 6.09 Å². The summed E-state index contributed by atoms with van der Waals surface area (Å²) in [6.45, 7) is 5.86. The van der Waals surface area contributed by atoms with Gasteiger partial charge in [-0.3, -0.25) is 0 Å². The van der Waals surface area contributed by atoms with Gasteiger partial charge in [-0.2, -0.15) is 0 Å². The Morgan fingerprint density at radius 1 is 1.29 bits per heavy atom. The molecule has 0 heterocycles. The number of alkyl carbamates (subject to hydrolysis) is 1. The van der Waals surface area contributed by atoms with E-state index in [4.69, 9.17) is 4.74 Å². The molecule has 1 aromatic carbocycles. The summed E-state index contributed by atoms with van der Waals surface area (Å²) in [7, 11) is 0. The third-order valence-electron chi connectivity index (χ3n) is 2.48. The van der Waals surface area contributed by atoms with E-state index in [-0.39, 0.29) is 5.56 Å². The fourth-order valence-corrected chi connectivity index (χ4v) is 1.54. The molecule has 5 heteroatoms. The number of rotatable bonds is 5. The maximum Gasteiger partial charge on any atom is 0.407 e. The molecule has 3 nitrogen and oxygen atoms in total. The molecule has 116 valence electrons. The van der Waals surface area contributed by atoms with Gasteiger partial charge in [0.15, 0.2) is 0 Å². The second-order valence-electron chi connectivity index (χ2n) is 5.59. The molecule has 0 aliphatic heterocycles. The van der Waals surface area contributed by atoms with Crippen LogP contribution in [0, 0.1) is 0 Å². The first kappa shape index (κ1) is 17.1. The van der Waals surface area contributed by atoms with Crippen LogP contribution < -0.4 is 5.32 Å². The Bertz CT molecular complexity index is 476. The van der Waals surface area contributed by atoms with Crippen molar-refractivity contribution in [3.8, 4) is 0 Å². The van der Waals surface area contributed by atoms with E-state index in [1.165, 1.54) is 12.1 Å². The summed E-state index contributed by atoms with van der Waals surface area (Å²) < 4.78 is 29.8. The van der Waals surface area contributed by atoms with Crippen molar-refractivity contribution < 1.29 is 18.3 Å². The number of amides is 1. The second kappa shape index (κ2) is 7.76. The zero-order valence-corrected chi connectivity index (χ0v) is 12.5. The van der Waals surface area contributed by atoms with E-state index in [1.807, 2.05) is 12.2 Å². The molecule has 0 aromatic heterocycles. The average Bonchev–Trinajstić information content (AvgIpc) is 2.36. The molecule has 0 saturated carbocycles. The molecular formula is C16H21F2NO2. The fourth-order valence-electron chi connectivity index (χ4n) is 1.54. The van der Waals surface area contributed by atoms with Crippen LogP contribution in [-0.2, 0) is 4.74 Å². The molecule has 0 radical (unpaired) electrons. The van der Waals surface area contributed by atoms with Crippen LogP contribution in [0.15, 0.2) is 30.3 Å². The number of benzene rings is 1. The highest BCUT2D eigenvalue weighted by Crippen LogP contribution is 2.19. The highest BCUT2D eigenvalue weighted by molar-refractivity contribution is 5.67. The van der Waals surface area contributed by atoms with Gasteiger partial charge in [-0.25, -0.2) is 13.6 Å². The molecule has 0 aliphatic rings. The zero-order chi connectivity index (χ0) is 15.9. The van der Waals surface area contributed by atoms with Gasteiger partial charge in [0.25, 0.3) is 6.43 Å². The summed E-state index contributed by atoms with van der Waals surface area (Å²) in [4.78, 5) is 11.4. The molecule has 1 aromatic rings. The summed E-state index contributed by atoms with van der Waals surface area (Å²) in [5.41, 5.74) is 0.349. The zero-order valence-electron chi connectivity index (χ0n) is 12.5. The standard InChI is InChI=1S/C16H21F2NO2/c1-16(2,3)21-15(20)19-11-5-4-6-12-7-9-13(10-8-12)14(17)18/h4,6-10,14H,5,11H2,1-3H3,(H,19,20). The van der Waals surface area contributed by atoms with Gasteiger partial charge in [0, 0.05) is 12.1 Å². The third kappa shape index (κ3) is 7.44. The molecule has 21 heavy (non-hydrogen) atoms. The molecule has 0 bridgehead atoms. The van der Waals surface area contributed by atoms with Crippen molar-refractivity contribution in [1.82, 2.24) is 5.32 Å². The Morgan fingerprint density at radius 2 is 1.90 bits per heavy atom. The fraction of sp³-hybridized carbons (Fsp3) is 0.438. The largest absolute Gasteiger partial charge is 0.444 e. The lowest BCUT2D eigenvalue weighted by atomic mass is 10.1. The number of halogens is 2. The maximum atomic E-state index is 12.4. The first-order valence-corrected chi connectivity index (χ1v) is 6.79. The number of carbonyl (C=O) groups excluding carboxylic acids is 1. The minimum Gasteiger partial charge on any atom is -0.444 e. The Morgan fingerprint density at radius 3 is 2.43 bits per heavy atom. The normalized spacial score (nSPS) is 11.9. The molecule has 1 N–H and O–H groups in total. The molecule has 0 spiro atoms. The van der Waals surface area contributed by atoms with Crippen LogP contribution in [0.3, 0.4) is 0 Å². The minimum absolute atomic E-state index is 0.0127. The van der Waals surface area contributed by atoms with Gasteiger partial charge in [-0.1, -0.05) is 36.4 Å². The van der Waals surface area contributed by atoms with Gasteiger partial charge in [0.1, 0.15) is 5.60 Å². The van der Waals surface area contributed by atoms with E-state index >= 15 is 0 Å². The number of hydrogen-bond acceptors (Lipinski definition) is 2. The van der Waals surface area contributed by atoms with Gasteiger partial charge in [-0.05, 0) is 32.8 Å². The monoisotopic (exact) mass is 297 g/mol. The summed E-state index contributed by atoms with van der Waals surface area (Å²) in [6, 6.07) is 6.09. The first-order chi connectivity index (χ1) is 9.78. The summed E-state index contributed by atoms with van der Waals surface area (Å²) in [6.07, 6.45) is 1.44. The molecular weight excluding hydrogens is 276 g/mol. The van der Waals surface area contributed by atoms with E-state index in [0.29, 0.717) is 13.0 Å². The van der Waals surface area contributed by atoms with Crippen LogP contribution >= 0.6 is 0 Å².